The second-order valence-corrected chi connectivity index (χ2v) is 5.64. The Kier molecular flexibility index (Phi) is 4.90. The fraction of sp³-hybridized carbons (Fsp3) is 0.294. The number of ether oxygens (including phenoxy) is 1. The standard InChI is InChI=1S/C17H16N2O6/c20-15(16-2-1-8-25-16)10-14-11-24-9-7-18(14)17(21)12-3-5-13(6-4-12)19(22)23/h1-6,8,14H,7,9-11H2/t14-/m1/s1. The molecular weight excluding hydrogens is 328 g/mol. The Labute approximate surface area is 143 Å². The highest BCUT2D eigenvalue weighted by molar-refractivity contribution is 5.97. The molecule has 1 saturated heterocycles. The number of carbonyl (C=O) groups is 2. The molecule has 1 aromatic carbocycles. The van der Waals surface area contributed by atoms with Crippen molar-refractivity contribution < 1.29 is 23.7 Å². The van der Waals surface area contributed by atoms with Gasteiger partial charge in [0, 0.05) is 30.7 Å². The van der Waals surface area contributed by atoms with Gasteiger partial charge in [0.15, 0.2) is 11.5 Å². The van der Waals surface area contributed by atoms with Crippen LogP contribution in [0.2, 0.25) is 0 Å². The van der Waals surface area contributed by atoms with E-state index in [-0.39, 0.29) is 36.2 Å². The average molecular weight is 344 g/mol. The van der Waals surface area contributed by atoms with E-state index >= 15 is 0 Å². The maximum atomic E-state index is 12.7. The maximum Gasteiger partial charge on any atom is 0.269 e. The van der Waals surface area contributed by atoms with E-state index in [1.165, 1.54) is 30.5 Å². The van der Waals surface area contributed by atoms with Crippen LogP contribution >= 0.6 is 0 Å². The van der Waals surface area contributed by atoms with Gasteiger partial charge >= 0.3 is 0 Å². The van der Waals surface area contributed by atoms with Gasteiger partial charge in [0.25, 0.3) is 11.6 Å². The number of Topliss-reactive ketones (excluding diaryl/α,β-unsaturated/α-hetero) is 1. The molecule has 130 valence electrons. The number of hydrogen-bond donors (Lipinski definition) is 0. The van der Waals surface area contributed by atoms with Gasteiger partial charge < -0.3 is 14.1 Å². The van der Waals surface area contributed by atoms with E-state index in [0.29, 0.717) is 18.7 Å². The van der Waals surface area contributed by atoms with Gasteiger partial charge in [0.1, 0.15) is 0 Å². The van der Waals surface area contributed by atoms with Gasteiger partial charge in [-0.15, -0.1) is 0 Å². The zero-order valence-corrected chi connectivity index (χ0v) is 13.3. The van der Waals surface area contributed by atoms with Gasteiger partial charge in [-0.3, -0.25) is 19.7 Å². The highest BCUT2D eigenvalue weighted by atomic mass is 16.6. The second-order valence-electron chi connectivity index (χ2n) is 5.64. The summed E-state index contributed by atoms with van der Waals surface area (Å²) < 4.78 is 10.5. The van der Waals surface area contributed by atoms with Crippen LogP contribution in [0.25, 0.3) is 0 Å². The molecule has 1 aliphatic rings. The fourth-order valence-corrected chi connectivity index (χ4v) is 2.73. The lowest BCUT2D eigenvalue weighted by Gasteiger charge is -2.35. The number of carbonyl (C=O) groups excluding carboxylic acids is 2. The average Bonchev–Trinajstić information content (AvgIpc) is 3.16. The number of amides is 1. The maximum absolute atomic E-state index is 12.7. The Bertz CT molecular complexity index is 769. The van der Waals surface area contributed by atoms with Crippen LogP contribution in [-0.4, -0.2) is 47.3 Å². The van der Waals surface area contributed by atoms with Gasteiger partial charge in [-0.25, -0.2) is 0 Å². The van der Waals surface area contributed by atoms with Crippen LogP contribution in [0, 0.1) is 10.1 Å². The zero-order valence-electron chi connectivity index (χ0n) is 13.3. The van der Waals surface area contributed by atoms with E-state index in [2.05, 4.69) is 0 Å². The molecule has 25 heavy (non-hydrogen) atoms. The Morgan fingerprint density at radius 1 is 1.24 bits per heavy atom. The molecule has 1 fully saturated rings. The van der Waals surface area contributed by atoms with E-state index in [1.807, 2.05) is 0 Å². The van der Waals surface area contributed by atoms with Crippen LogP contribution in [-0.2, 0) is 4.74 Å². The van der Waals surface area contributed by atoms with E-state index in [4.69, 9.17) is 9.15 Å². The third-order valence-electron chi connectivity index (χ3n) is 4.03. The molecule has 0 aliphatic carbocycles. The first-order valence-electron chi connectivity index (χ1n) is 7.76. The van der Waals surface area contributed by atoms with Crippen molar-refractivity contribution in [1.29, 1.82) is 0 Å². The molecule has 0 N–H and O–H groups in total. The minimum Gasteiger partial charge on any atom is -0.461 e. The second kappa shape index (κ2) is 7.27. The van der Waals surface area contributed by atoms with Gasteiger partial charge in [0.05, 0.1) is 30.4 Å². The number of non-ortho nitro benzene ring substituents is 1. The van der Waals surface area contributed by atoms with Crippen molar-refractivity contribution in [2.45, 2.75) is 12.5 Å². The summed E-state index contributed by atoms with van der Waals surface area (Å²) >= 11 is 0. The molecule has 1 aliphatic heterocycles. The Morgan fingerprint density at radius 3 is 2.64 bits per heavy atom. The molecule has 0 radical (unpaired) electrons. The first-order valence-corrected chi connectivity index (χ1v) is 7.76. The van der Waals surface area contributed by atoms with Gasteiger partial charge in [-0.05, 0) is 24.3 Å². The van der Waals surface area contributed by atoms with Gasteiger partial charge in [-0.1, -0.05) is 0 Å². The summed E-state index contributed by atoms with van der Waals surface area (Å²) in [6.45, 7) is 0.987. The molecule has 1 amide bonds. The minimum absolute atomic E-state index is 0.0805. The van der Waals surface area contributed by atoms with Crippen LogP contribution in [0.15, 0.2) is 47.1 Å². The van der Waals surface area contributed by atoms with Crippen molar-refractivity contribution in [3.8, 4) is 0 Å². The summed E-state index contributed by atoms with van der Waals surface area (Å²) in [7, 11) is 0. The van der Waals surface area contributed by atoms with Crippen LogP contribution in [0.4, 0.5) is 5.69 Å². The molecule has 0 unspecified atom stereocenters. The molecule has 1 aromatic heterocycles. The molecule has 3 rings (SSSR count). The lowest BCUT2D eigenvalue weighted by atomic mass is 10.0. The lowest BCUT2D eigenvalue weighted by molar-refractivity contribution is -0.384. The molecule has 2 aromatic rings. The number of furan rings is 1. The number of nitro groups is 1. The highest BCUT2D eigenvalue weighted by Gasteiger charge is 2.30. The topological polar surface area (TPSA) is 103 Å². The largest absolute Gasteiger partial charge is 0.461 e. The Balaban J connectivity index is 1.74. The van der Waals surface area contributed by atoms with Crippen molar-refractivity contribution in [3.05, 3.63) is 64.1 Å². The van der Waals surface area contributed by atoms with Crippen molar-refractivity contribution in [1.82, 2.24) is 4.90 Å². The van der Waals surface area contributed by atoms with Crippen LogP contribution in [0.1, 0.15) is 27.3 Å². The van der Waals surface area contributed by atoms with Crippen LogP contribution in [0.5, 0.6) is 0 Å². The third kappa shape index (κ3) is 3.74. The fourth-order valence-electron chi connectivity index (χ4n) is 2.73. The smallest absolute Gasteiger partial charge is 0.269 e. The molecular formula is C17H16N2O6. The lowest BCUT2D eigenvalue weighted by Crippen LogP contribution is -2.49. The first-order chi connectivity index (χ1) is 12.1. The van der Waals surface area contributed by atoms with Crippen molar-refractivity contribution in [2.75, 3.05) is 19.8 Å². The Morgan fingerprint density at radius 2 is 2.00 bits per heavy atom. The summed E-state index contributed by atoms with van der Waals surface area (Å²) in [6, 6.07) is 8.21. The number of nitrogens with zero attached hydrogens (tertiary/aromatic N) is 2. The van der Waals surface area contributed by atoms with E-state index in [1.54, 1.807) is 17.0 Å². The van der Waals surface area contributed by atoms with Crippen LogP contribution < -0.4 is 0 Å². The molecule has 0 saturated carbocycles. The predicted molar refractivity (Wildman–Crippen MR) is 86.4 cm³/mol. The number of benzene rings is 1. The van der Waals surface area contributed by atoms with Crippen molar-refractivity contribution in [3.63, 3.8) is 0 Å². The van der Waals surface area contributed by atoms with Crippen molar-refractivity contribution in [2.24, 2.45) is 0 Å². The third-order valence-corrected chi connectivity index (χ3v) is 4.03. The first kappa shape index (κ1) is 16.8. The summed E-state index contributed by atoms with van der Waals surface area (Å²) in [6.07, 6.45) is 1.51. The number of rotatable bonds is 5. The van der Waals surface area contributed by atoms with Crippen molar-refractivity contribution >= 4 is 17.4 Å². The zero-order chi connectivity index (χ0) is 17.8. The van der Waals surface area contributed by atoms with E-state index < -0.39 is 11.0 Å². The molecule has 8 heteroatoms. The SMILES string of the molecule is O=C(C[C@@H]1COCCN1C(=O)c1ccc([N+](=O)[O-])cc1)c1ccco1. The number of ketones is 1. The van der Waals surface area contributed by atoms with E-state index in [0.717, 1.165) is 0 Å². The molecule has 0 spiro atoms. The van der Waals surface area contributed by atoms with Crippen LogP contribution in [0.3, 0.4) is 0 Å². The number of hydrogen-bond acceptors (Lipinski definition) is 6. The highest BCUT2D eigenvalue weighted by Crippen LogP contribution is 2.19. The summed E-state index contributed by atoms with van der Waals surface area (Å²) in [5.74, 6) is -0.245. The monoisotopic (exact) mass is 344 g/mol. The molecule has 2 heterocycles. The molecule has 8 nitrogen and oxygen atoms in total. The summed E-state index contributed by atoms with van der Waals surface area (Å²) in [5.41, 5.74) is 0.256. The van der Waals surface area contributed by atoms with E-state index in [9.17, 15) is 19.7 Å². The van der Waals surface area contributed by atoms with Gasteiger partial charge in [-0.2, -0.15) is 0 Å². The normalized spacial score (nSPS) is 17.3. The number of nitro benzene ring substituents is 1. The predicted octanol–water partition coefficient (Wildman–Crippen LogP) is 2.30. The molecule has 1 atom stereocenters. The number of morpholine rings is 1. The summed E-state index contributed by atoms with van der Waals surface area (Å²) in [5, 5.41) is 10.7. The minimum atomic E-state index is -0.520. The molecule has 0 bridgehead atoms. The summed E-state index contributed by atoms with van der Waals surface area (Å²) in [4.78, 5) is 36.7. The quantitative estimate of drug-likeness (QED) is 0.468. The Hall–Kier alpha value is -3.00. The van der Waals surface area contributed by atoms with Gasteiger partial charge in [0.2, 0.25) is 0 Å².